The molecule has 1 unspecified atom stereocenters. The van der Waals surface area contributed by atoms with E-state index in [2.05, 4.69) is 11.8 Å². The zero-order valence-electron chi connectivity index (χ0n) is 6.52. The summed E-state index contributed by atoms with van der Waals surface area (Å²) in [4.78, 5) is 0. The molecule has 1 atom stereocenters. The summed E-state index contributed by atoms with van der Waals surface area (Å²) in [5, 5.41) is 9.42. The van der Waals surface area contributed by atoms with Crippen LogP contribution < -0.4 is 0 Å². The third-order valence-electron chi connectivity index (χ3n) is 1.50. The van der Waals surface area contributed by atoms with Crippen molar-refractivity contribution in [2.75, 3.05) is 0 Å². The Balaban J connectivity index is 4.13. The van der Waals surface area contributed by atoms with Crippen LogP contribution in [0, 0.1) is 17.8 Å². The maximum absolute atomic E-state index is 9.42. The van der Waals surface area contributed by atoms with Crippen molar-refractivity contribution < 1.29 is 5.11 Å². The average Bonchev–Trinajstić information content (AvgIpc) is 1.65. The largest absolute Gasteiger partial charge is 0.378 e. The summed E-state index contributed by atoms with van der Waals surface area (Å²) >= 11 is 0. The van der Waals surface area contributed by atoms with Crippen LogP contribution in [0.15, 0.2) is 0 Å². The minimum absolute atomic E-state index is 0.199. The molecule has 1 N–H and O–H groups in total. The maximum Gasteiger partial charge on any atom is 0.124 e. The first kappa shape index (κ1) is 8.52. The van der Waals surface area contributed by atoms with E-state index in [0.29, 0.717) is 0 Å². The lowest BCUT2D eigenvalue weighted by Crippen LogP contribution is -2.28. The van der Waals surface area contributed by atoms with Crippen LogP contribution in [0.2, 0.25) is 0 Å². The summed E-state index contributed by atoms with van der Waals surface area (Å²) in [5.74, 6) is 5.62. The van der Waals surface area contributed by atoms with Gasteiger partial charge in [0.2, 0.25) is 0 Å². The molecule has 0 amide bonds. The van der Waals surface area contributed by atoms with Crippen LogP contribution in [0.25, 0.3) is 0 Å². The van der Waals surface area contributed by atoms with Gasteiger partial charge >= 0.3 is 0 Å². The highest BCUT2D eigenvalue weighted by Gasteiger charge is 2.20. The molecule has 0 spiro atoms. The Kier molecular flexibility index (Phi) is 2.73. The minimum atomic E-state index is -0.811. The second kappa shape index (κ2) is 2.89. The first-order valence-corrected chi connectivity index (χ1v) is 3.17. The molecule has 0 aromatic carbocycles. The molecule has 0 aliphatic carbocycles. The van der Waals surface area contributed by atoms with Crippen molar-refractivity contribution in [2.24, 2.45) is 5.92 Å². The summed E-state index contributed by atoms with van der Waals surface area (Å²) in [7, 11) is 0. The van der Waals surface area contributed by atoms with Crippen LogP contribution in [0.3, 0.4) is 0 Å². The Labute approximate surface area is 57.1 Å². The van der Waals surface area contributed by atoms with E-state index >= 15 is 0 Å². The minimum Gasteiger partial charge on any atom is -0.378 e. The molecule has 0 saturated carbocycles. The monoisotopic (exact) mass is 126 g/mol. The predicted molar refractivity (Wildman–Crippen MR) is 38.9 cm³/mol. The molecule has 1 nitrogen and oxygen atoms in total. The van der Waals surface area contributed by atoms with Crippen molar-refractivity contribution in [1.29, 1.82) is 0 Å². The van der Waals surface area contributed by atoms with Crippen LogP contribution in [0.4, 0.5) is 0 Å². The lowest BCUT2D eigenvalue weighted by Gasteiger charge is -2.20. The molecular weight excluding hydrogens is 112 g/mol. The third kappa shape index (κ3) is 2.53. The highest BCUT2D eigenvalue weighted by Crippen LogP contribution is 2.13. The van der Waals surface area contributed by atoms with E-state index in [1.807, 2.05) is 13.8 Å². The van der Waals surface area contributed by atoms with Gasteiger partial charge in [-0.1, -0.05) is 19.8 Å². The lowest BCUT2D eigenvalue weighted by molar-refractivity contribution is 0.0726. The van der Waals surface area contributed by atoms with Gasteiger partial charge in [-0.3, -0.25) is 0 Å². The molecule has 0 rings (SSSR count). The molecule has 9 heavy (non-hydrogen) atoms. The average molecular weight is 126 g/mol. The number of hydrogen-bond donors (Lipinski definition) is 1. The molecule has 52 valence electrons. The van der Waals surface area contributed by atoms with Crippen molar-refractivity contribution in [3.63, 3.8) is 0 Å². The maximum atomic E-state index is 9.42. The van der Waals surface area contributed by atoms with Crippen LogP contribution in [0.1, 0.15) is 27.7 Å². The Bertz CT molecular complexity index is 134. The molecule has 0 aliphatic heterocycles. The fourth-order valence-electron chi connectivity index (χ4n) is 0.397. The summed E-state index contributed by atoms with van der Waals surface area (Å²) in [6, 6.07) is 0. The van der Waals surface area contributed by atoms with E-state index in [0.717, 1.165) is 0 Å². The van der Waals surface area contributed by atoms with E-state index in [4.69, 9.17) is 0 Å². The normalized spacial score (nSPS) is 16.2. The molecule has 0 heterocycles. The van der Waals surface area contributed by atoms with Crippen molar-refractivity contribution >= 4 is 0 Å². The second-order valence-electron chi connectivity index (χ2n) is 2.68. The standard InChI is InChI=1S/C8H14O/c1-5-6-8(4,9)7(2)3/h7,9H,1-4H3. The van der Waals surface area contributed by atoms with Gasteiger partial charge in [0.05, 0.1) is 0 Å². The lowest BCUT2D eigenvalue weighted by atomic mass is 9.93. The van der Waals surface area contributed by atoms with Crippen LogP contribution >= 0.6 is 0 Å². The quantitative estimate of drug-likeness (QED) is 0.527. The van der Waals surface area contributed by atoms with Crippen LogP contribution in [-0.2, 0) is 0 Å². The Morgan fingerprint density at radius 1 is 1.44 bits per heavy atom. The van der Waals surface area contributed by atoms with Gasteiger partial charge in [-0.05, 0) is 19.8 Å². The number of rotatable bonds is 1. The first-order valence-electron chi connectivity index (χ1n) is 3.17. The molecule has 0 fully saturated rings. The predicted octanol–water partition coefficient (Wildman–Crippen LogP) is 1.42. The van der Waals surface area contributed by atoms with Crippen molar-refractivity contribution in [3.05, 3.63) is 0 Å². The van der Waals surface area contributed by atoms with Crippen molar-refractivity contribution in [3.8, 4) is 11.8 Å². The highest BCUT2D eigenvalue weighted by atomic mass is 16.3. The molecule has 0 radical (unpaired) electrons. The van der Waals surface area contributed by atoms with Crippen molar-refractivity contribution in [2.45, 2.75) is 33.3 Å². The molecule has 0 aromatic heterocycles. The van der Waals surface area contributed by atoms with E-state index in [1.54, 1.807) is 13.8 Å². The van der Waals surface area contributed by atoms with E-state index in [-0.39, 0.29) is 5.92 Å². The molecule has 0 aromatic rings. The topological polar surface area (TPSA) is 20.2 Å². The van der Waals surface area contributed by atoms with E-state index in [1.165, 1.54) is 0 Å². The van der Waals surface area contributed by atoms with Crippen LogP contribution in [0.5, 0.6) is 0 Å². The Hall–Kier alpha value is -0.480. The number of aliphatic hydroxyl groups is 1. The number of hydrogen-bond acceptors (Lipinski definition) is 1. The highest BCUT2D eigenvalue weighted by molar-refractivity contribution is 5.11. The SMILES string of the molecule is CC#CC(C)(O)C(C)C. The van der Waals surface area contributed by atoms with Gasteiger partial charge in [0.15, 0.2) is 0 Å². The first-order chi connectivity index (χ1) is 4.00. The van der Waals surface area contributed by atoms with Gasteiger partial charge in [0.25, 0.3) is 0 Å². The third-order valence-corrected chi connectivity index (χ3v) is 1.50. The van der Waals surface area contributed by atoms with E-state index < -0.39 is 5.60 Å². The zero-order valence-corrected chi connectivity index (χ0v) is 6.52. The Morgan fingerprint density at radius 3 is 2.00 bits per heavy atom. The van der Waals surface area contributed by atoms with Gasteiger partial charge in [0.1, 0.15) is 5.60 Å². The Morgan fingerprint density at radius 2 is 1.89 bits per heavy atom. The van der Waals surface area contributed by atoms with Gasteiger partial charge in [-0.15, -0.1) is 5.92 Å². The van der Waals surface area contributed by atoms with Gasteiger partial charge < -0.3 is 5.11 Å². The van der Waals surface area contributed by atoms with Gasteiger partial charge in [-0.25, -0.2) is 0 Å². The fourth-order valence-corrected chi connectivity index (χ4v) is 0.397. The summed E-state index contributed by atoms with van der Waals surface area (Å²) in [5.41, 5.74) is -0.811. The second-order valence-corrected chi connectivity index (χ2v) is 2.68. The van der Waals surface area contributed by atoms with E-state index in [9.17, 15) is 5.11 Å². The molecule has 1 heteroatoms. The van der Waals surface area contributed by atoms with Gasteiger partial charge in [-0.2, -0.15) is 0 Å². The zero-order chi connectivity index (χ0) is 7.49. The molecule has 0 saturated heterocycles. The van der Waals surface area contributed by atoms with Crippen molar-refractivity contribution in [1.82, 2.24) is 0 Å². The molecule has 0 bridgehead atoms. The summed E-state index contributed by atoms with van der Waals surface area (Å²) < 4.78 is 0. The van der Waals surface area contributed by atoms with Gasteiger partial charge in [0, 0.05) is 0 Å². The molecule has 0 aliphatic rings. The summed E-state index contributed by atoms with van der Waals surface area (Å²) in [6.45, 7) is 7.36. The fraction of sp³-hybridized carbons (Fsp3) is 0.750. The van der Waals surface area contributed by atoms with Crippen LogP contribution in [-0.4, -0.2) is 10.7 Å². The summed E-state index contributed by atoms with van der Waals surface area (Å²) in [6.07, 6.45) is 0. The molecular formula is C8H14O. The smallest absolute Gasteiger partial charge is 0.124 e.